The molecular weight excluding hydrogens is 372 g/mol. The lowest BCUT2D eigenvalue weighted by atomic mass is 9.95. The molecule has 0 aliphatic carbocycles. The number of ether oxygens (including phenoxy) is 1. The topological polar surface area (TPSA) is 59.8 Å². The van der Waals surface area contributed by atoms with Crippen LogP contribution in [-0.4, -0.2) is 21.6 Å². The SMILES string of the molecule is [C-]#[N+][C@H](C[C@H](CC(C)C)NS(=O)(=O)c1ccc(C)cc1)c1ccc(OC)cc1. The molecule has 0 saturated heterocycles. The zero-order valence-corrected chi connectivity index (χ0v) is 17.7. The number of nitrogens with zero attached hydrogens (tertiary/aromatic N) is 1. The van der Waals surface area contributed by atoms with Crippen molar-refractivity contribution in [3.8, 4) is 5.75 Å². The predicted molar refractivity (Wildman–Crippen MR) is 112 cm³/mol. The molecule has 0 heterocycles. The van der Waals surface area contributed by atoms with Crippen molar-refractivity contribution in [1.82, 2.24) is 4.72 Å². The predicted octanol–water partition coefficient (Wildman–Crippen LogP) is 4.75. The number of methoxy groups -OCH3 is 1. The highest BCUT2D eigenvalue weighted by Gasteiger charge is 2.27. The summed E-state index contributed by atoms with van der Waals surface area (Å²) in [6, 6.07) is 13.4. The molecule has 150 valence electrons. The van der Waals surface area contributed by atoms with E-state index in [-0.39, 0.29) is 10.9 Å². The lowest BCUT2D eigenvalue weighted by molar-refractivity contribution is 0.413. The zero-order valence-electron chi connectivity index (χ0n) is 16.8. The maximum absolute atomic E-state index is 12.8. The first kappa shape index (κ1) is 21.9. The summed E-state index contributed by atoms with van der Waals surface area (Å²) in [6.07, 6.45) is 1.08. The van der Waals surface area contributed by atoms with Crippen molar-refractivity contribution in [3.63, 3.8) is 0 Å². The van der Waals surface area contributed by atoms with E-state index in [1.54, 1.807) is 31.4 Å². The molecule has 0 amide bonds. The van der Waals surface area contributed by atoms with Gasteiger partial charge in [-0.3, -0.25) is 0 Å². The summed E-state index contributed by atoms with van der Waals surface area (Å²) in [5, 5.41) is 0. The van der Waals surface area contributed by atoms with Gasteiger partial charge in [-0.25, -0.2) is 19.7 Å². The van der Waals surface area contributed by atoms with Crippen LogP contribution >= 0.6 is 0 Å². The van der Waals surface area contributed by atoms with Crippen molar-refractivity contribution >= 4 is 10.0 Å². The fraction of sp³-hybridized carbons (Fsp3) is 0.409. The van der Waals surface area contributed by atoms with E-state index in [0.717, 1.165) is 16.9 Å². The fourth-order valence-corrected chi connectivity index (χ4v) is 4.39. The minimum atomic E-state index is -3.64. The van der Waals surface area contributed by atoms with Crippen LogP contribution in [0.2, 0.25) is 0 Å². The summed E-state index contributed by atoms with van der Waals surface area (Å²) in [7, 11) is -2.04. The third-order valence-corrected chi connectivity index (χ3v) is 6.11. The van der Waals surface area contributed by atoms with Gasteiger partial charge in [-0.2, -0.15) is 0 Å². The van der Waals surface area contributed by atoms with Crippen molar-refractivity contribution in [2.75, 3.05) is 7.11 Å². The van der Waals surface area contributed by atoms with Gasteiger partial charge in [0, 0.05) is 18.0 Å². The molecule has 1 N–H and O–H groups in total. The Morgan fingerprint density at radius 2 is 1.64 bits per heavy atom. The molecule has 0 aromatic heterocycles. The minimum absolute atomic E-state index is 0.246. The normalized spacial score (nSPS) is 13.7. The van der Waals surface area contributed by atoms with E-state index in [2.05, 4.69) is 9.57 Å². The molecule has 28 heavy (non-hydrogen) atoms. The Labute approximate surface area is 168 Å². The highest BCUT2D eigenvalue weighted by atomic mass is 32.2. The molecule has 0 unspecified atom stereocenters. The van der Waals surface area contributed by atoms with Crippen molar-refractivity contribution < 1.29 is 13.2 Å². The fourth-order valence-electron chi connectivity index (χ4n) is 3.13. The van der Waals surface area contributed by atoms with Gasteiger partial charge in [0.05, 0.1) is 12.0 Å². The summed E-state index contributed by atoms with van der Waals surface area (Å²) in [6.45, 7) is 13.6. The van der Waals surface area contributed by atoms with Crippen LogP contribution in [0.1, 0.15) is 43.9 Å². The van der Waals surface area contributed by atoms with E-state index in [0.29, 0.717) is 18.8 Å². The number of benzene rings is 2. The molecule has 2 rings (SSSR count). The molecule has 0 aliphatic rings. The minimum Gasteiger partial charge on any atom is -0.497 e. The van der Waals surface area contributed by atoms with Gasteiger partial charge in [-0.1, -0.05) is 31.5 Å². The quantitative estimate of drug-likeness (QED) is 0.618. The van der Waals surface area contributed by atoms with Gasteiger partial charge in [0.15, 0.2) is 0 Å². The van der Waals surface area contributed by atoms with Crippen LogP contribution in [0.5, 0.6) is 5.75 Å². The molecular formula is C22H28N2O3S. The first-order valence-corrected chi connectivity index (χ1v) is 10.8. The third kappa shape index (κ3) is 6.08. The Balaban J connectivity index is 2.21. The van der Waals surface area contributed by atoms with Crippen molar-refractivity contribution in [3.05, 3.63) is 71.1 Å². The van der Waals surface area contributed by atoms with Crippen molar-refractivity contribution in [1.29, 1.82) is 0 Å². The largest absolute Gasteiger partial charge is 0.497 e. The Hall–Kier alpha value is -2.36. The Bertz CT molecular complexity index is 898. The number of hydrogen-bond donors (Lipinski definition) is 1. The summed E-state index contributed by atoms with van der Waals surface area (Å²) >= 11 is 0. The summed E-state index contributed by atoms with van der Waals surface area (Å²) in [5.41, 5.74) is 1.87. The monoisotopic (exact) mass is 400 g/mol. The standard InChI is InChI=1S/C22H28N2O3S/c1-16(2)14-19(24-28(25,26)21-12-6-17(3)7-13-21)15-22(23-4)18-8-10-20(27-5)11-9-18/h6-13,16,19,22,24H,14-15H2,1-3,5H3/t19-,22+/m0/s1. The molecule has 0 bridgehead atoms. The van der Waals surface area contributed by atoms with Gasteiger partial charge in [-0.15, -0.1) is 0 Å². The van der Waals surface area contributed by atoms with E-state index in [1.807, 2.05) is 45.0 Å². The Morgan fingerprint density at radius 3 is 2.14 bits per heavy atom. The molecule has 2 aromatic carbocycles. The Kier molecular flexibility index (Phi) is 7.61. The van der Waals surface area contributed by atoms with E-state index in [4.69, 9.17) is 11.3 Å². The molecule has 5 nitrogen and oxygen atoms in total. The second kappa shape index (κ2) is 9.72. The second-order valence-electron chi connectivity index (χ2n) is 7.41. The third-order valence-electron chi connectivity index (χ3n) is 4.57. The molecule has 0 aliphatic heterocycles. The molecule has 0 saturated carbocycles. The smallest absolute Gasteiger partial charge is 0.250 e. The van der Waals surface area contributed by atoms with Crippen LogP contribution in [0, 0.1) is 19.4 Å². The van der Waals surface area contributed by atoms with E-state index < -0.39 is 16.1 Å². The van der Waals surface area contributed by atoms with E-state index in [1.165, 1.54) is 0 Å². The average Bonchev–Trinajstić information content (AvgIpc) is 2.65. The van der Waals surface area contributed by atoms with Gasteiger partial charge in [-0.05, 0) is 55.7 Å². The van der Waals surface area contributed by atoms with Gasteiger partial charge >= 0.3 is 0 Å². The van der Waals surface area contributed by atoms with E-state index in [9.17, 15) is 8.42 Å². The van der Waals surface area contributed by atoms with E-state index >= 15 is 0 Å². The van der Waals surface area contributed by atoms with Crippen molar-refractivity contribution in [2.24, 2.45) is 5.92 Å². The average molecular weight is 401 g/mol. The zero-order chi connectivity index (χ0) is 20.7. The first-order valence-electron chi connectivity index (χ1n) is 9.34. The number of hydrogen-bond acceptors (Lipinski definition) is 3. The molecule has 6 heteroatoms. The lowest BCUT2D eigenvalue weighted by Crippen LogP contribution is -2.36. The van der Waals surface area contributed by atoms with Gasteiger partial charge in [0.2, 0.25) is 16.1 Å². The van der Waals surface area contributed by atoms with Crippen LogP contribution in [0.15, 0.2) is 53.4 Å². The summed E-state index contributed by atoms with van der Waals surface area (Å²) in [4.78, 5) is 4.00. The molecule has 0 radical (unpaired) electrons. The van der Waals surface area contributed by atoms with Crippen LogP contribution in [0.3, 0.4) is 0 Å². The number of aryl methyl sites for hydroxylation is 1. The maximum atomic E-state index is 12.8. The van der Waals surface area contributed by atoms with Gasteiger partial charge < -0.3 is 9.58 Å². The lowest BCUT2D eigenvalue weighted by Gasteiger charge is -2.21. The van der Waals surface area contributed by atoms with Crippen LogP contribution < -0.4 is 9.46 Å². The highest BCUT2D eigenvalue weighted by molar-refractivity contribution is 7.89. The number of rotatable bonds is 9. The van der Waals surface area contributed by atoms with Crippen LogP contribution in [0.4, 0.5) is 0 Å². The summed E-state index contributed by atoms with van der Waals surface area (Å²) in [5.74, 6) is 1.03. The summed E-state index contributed by atoms with van der Waals surface area (Å²) < 4.78 is 33.6. The van der Waals surface area contributed by atoms with Crippen LogP contribution in [-0.2, 0) is 10.0 Å². The first-order chi connectivity index (χ1) is 13.2. The number of nitrogens with one attached hydrogen (secondary N) is 1. The second-order valence-corrected chi connectivity index (χ2v) is 9.13. The molecule has 0 fully saturated rings. The van der Waals surface area contributed by atoms with Crippen LogP contribution in [0.25, 0.3) is 4.85 Å². The van der Waals surface area contributed by atoms with Crippen molar-refractivity contribution in [2.45, 2.75) is 50.6 Å². The molecule has 0 spiro atoms. The van der Waals surface area contributed by atoms with Gasteiger partial charge in [0.1, 0.15) is 5.75 Å². The highest BCUT2D eigenvalue weighted by Crippen LogP contribution is 2.27. The van der Waals surface area contributed by atoms with Gasteiger partial charge in [0.25, 0.3) is 0 Å². The Morgan fingerprint density at radius 1 is 1.04 bits per heavy atom. The molecule has 2 atom stereocenters. The number of sulfonamides is 1. The molecule has 2 aromatic rings. The maximum Gasteiger partial charge on any atom is 0.250 e.